The first kappa shape index (κ1) is 20.4. The predicted molar refractivity (Wildman–Crippen MR) is 109 cm³/mol. The molecule has 0 saturated carbocycles. The first-order valence-corrected chi connectivity index (χ1v) is 9.52. The summed E-state index contributed by atoms with van der Waals surface area (Å²) in [6.45, 7) is -0.484. The molecule has 0 radical (unpaired) electrons. The van der Waals surface area contributed by atoms with Crippen LogP contribution in [0.1, 0.15) is 11.7 Å². The number of aliphatic hydroxyl groups is 4. The third kappa shape index (κ3) is 3.79. The zero-order valence-electron chi connectivity index (χ0n) is 15.9. The molecule has 0 bridgehead atoms. The molecule has 3 aromatic rings. The van der Waals surface area contributed by atoms with E-state index in [1.54, 1.807) is 36.4 Å². The Kier molecular flexibility index (Phi) is 5.76. The van der Waals surface area contributed by atoms with Gasteiger partial charge in [-0.05, 0) is 29.1 Å². The number of fused-ring (bicyclic) bond motifs is 1. The summed E-state index contributed by atoms with van der Waals surface area (Å²) in [6.07, 6.45) is -6.06. The second-order valence-corrected chi connectivity index (χ2v) is 7.20. The van der Waals surface area contributed by atoms with Crippen LogP contribution in [0.25, 0.3) is 10.8 Å². The Morgan fingerprint density at radius 2 is 1.53 bits per heavy atom. The van der Waals surface area contributed by atoms with Crippen molar-refractivity contribution in [2.45, 2.75) is 30.5 Å². The molecule has 0 aliphatic carbocycles. The van der Waals surface area contributed by atoms with Crippen molar-refractivity contribution in [2.75, 3.05) is 6.61 Å². The van der Waals surface area contributed by atoms with E-state index in [1.807, 2.05) is 24.3 Å². The van der Waals surface area contributed by atoms with Gasteiger partial charge in [0.2, 0.25) is 0 Å². The van der Waals surface area contributed by atoms with Crippen molar-refractivity contribution >= 4 is 22.1 Å². The molecule has 0 unspecified atom stereocenters. The lowest BCUT2D eigenvalue weighted by Gasteiger charge is -2.40. The molecule has 0 aromatic heterocycles. The number of ether oxygens (including phenoxy) is 1. The number of aromatic hydroxyl groups is 1. The summed E-state index contributed by atoms with van der Waals surface area (Å²) in [6, 6.07) is 17.5. The van der Waals surface area contributed by atoms with Crippen LogP contribution in [0.5, 0.6) is 5.75 Å². The van der Waals surface area contributed by atoms with E-state index >= 15 is 0 Å². The lowest BCUT2D eigenvalue weighted by atomic mass is 9.91. The van der Waals surface area contributed by atoms with Gasteiger partial charge >= 0.3 is 0 Å². The van der Waals surface area contributed by atoms with Crippen molar-refractivity contribution in [3.63, 3.8) is 0 Å². The van der Waals surface area contributed by atoms with Gasteiger partial charge in [0.25, 0.3) is 0 Å². The highest BCUT2D eigenvalue weighted by molar-refractivity contribution is 5.95. The lowest BCUT2D eigenvalue weighted by molar-refractivity contribution is -0.231. The van der Waals surface area contributed by atoms with E-state index in [0.29, 0.717) is 16.9 Å². The van der Waals surface area contributed by atoms with E-state index < -0.39 is 37.1 Å². The minimum absolute atomic E-state index is 0.0235. The zero-order valence-corrected chi connectivity index (χ0v) is 15.9. The van der Waals surface area contributed by atoms with Gasteiger partial charge in [-0.3, -0.25) is 0 Å². The number of azo groups is 1. The van der Waals surface area contributed by atoms with Gasteiger partial charge in [-0.2, -0.15) is 5.11 Å². The Hall–Kier alpha value is -2.88. The van der Waals surface area contributed by atoms with Crippen LogP contribution in [0.2, 0.25) is 0 Å². The van der Waals surface area contributed by atoms with Crippen LogP contribution in [-0.2, 0) is 4.74 Å². The molecule has 0 amide bonds. The largest absolute Gasteiger partial charge is 0.506 e. The molecule has 1 aliphatic rings. The van der Waals surface area contributed by atoms with Gasteiger partial charge in [-0.25, -0.2) is 0 Å². The number of benzene rings is 3. The van der Waals surface area contributed by atoms with E-state index in [-0.39, 0.29) is 5.75 Å². The molecule has 1 heterocycles. The molecule has 1 aliphatic heterocycles. The highest BCUT2D eigenvalue weighted by Gasteiger charge is 2.43. The number of phenolic OH excluding ortho intramolecular Hbond substituents is 1. The highest BCUT2D eigenvalue weighted by atomic mass is 16.5. The number of nitrogens with zero attached hydrogens (tertiary/aromatic N) is 2. The smallest absolute Gasteiger partial charge is 0.143 e. The fraction of sp³-hybridized carbons (Fsp3) is 0.273. The zero-order chi connectivity index (χ0) is 21.3. The van der Waals surface area contributed by atoms with Gasteiger partial charge in [0.15, 0.2) is 0 Å². The van der Waals surface area contributed by atoms with Gasteiger partial charge in [0.05, 0.1) is 12.3 Å². The minimum atomic E-state index is -1.44. The number of hydrogen-bond donors (Lipinski definition) is 5. The van der Waals surface area contributed by atoms with Crippen LogP contribution >= 0.6 is 0 Å². The number of aliphatic hydroxyl groups excluding tert-OH is 4. The molecule has 3 aromatic carbocycles. The molecule has 5 N–H and O–H groups in total. The van der Waals surface area contributed by atoms with Gasteiger partial charge in [0.1, 0.15) is 42.0 Å². The second kappa shape index (κ2) is 8.47. The Labute approximate surface area is 172 Å². The molecule has 8 nitrogen and oxygen atoms in total. The maximum atomic E-state index is 10.2. The van der Waals surface area contributed by atoms with E-state index in [0.717, 1.165) is 10.8 Å². The summed E-state index contributed by atoms with van der Waals surface area (Å²) in [7, 11) is 0. The van der Waals surface area contributed by atoms with Crippen LogP contribution in [0, 0.1) is 0 Å². The van der Waals surface area contributed by atoms with Gasteiger partial charge < -0.3 is 30.3 Å². The molecular formula is C22H22N2O6. The monoisotopic (exact) mass is 410 g/mol. The third-order valence-corrected chi connectivity index (χ3v) is 5.26. The SMILES string of the molecule is OC[C@H]1O[C@@H](c2ccc(N=Nc3c(O)ccc4ccccc34)cc2)[C@H](O)[C@@H](O)[C@@H]1O. The van der Waals surface area contributed by atoms with Crippen LogP contribution in [0.15, 0.2) is 70.9 Å². The summed E-state index contributed by atoms with van der Waals surface area (Å²) < 4.78 is 5.55. The molecule has 0 spiro atoms. The highest BCUT2D eigenvalue weighted by Crippen LogP contribution is 2.37. The summed E-state index contributed by atoms with van der Waals surface area (Å²) in [5, 5.41) is 59.7. The van der Waals surface area contributed by atoms with Crippen molar-refractivity contribution in [3.05, 3.63) is 66.2 Å². The Morgan fingerprint density at radius 3 is 2.27 bits per heavy atom. The topological polar surface area (TPSA) is 135 Å². The quantitative estimate of drug-likeness (QED) is 0.419. The fourth-order valence-corrected chi connectivity index (χ4v) is 3.56. The van der Waals surface area contributed by atoms with Gasteiger partial charge in [-0.15, -0.1) is 5.11 Å². The van der Waals surface area contributed by atoms with Crippen molar-refractivity contribution in [2.24, 2.45) is 10.2 Å². The molecule has 8 heteroatoms. The summed E-state index contributed by atoms with van der Waals surface area (Å²) in [5.41, 5.74) is 1.43. The van der Waals surface area contributed by atoms with E-state index in [1.165, 1.54) is 0 Å². The van der Waals surface area contributed by atoms with Crippen LogP contribution in [0.3, 0.4) is 0 Å². The molecule has 156 valence electrons. The van der Waals surface area contributed by atoms with Crippen LogP contribution in [-0.4, -0.2) is 56.6 Å². The minimum Gasteiger partial charge on any atom is -0.506 e. The maximum absolute atomic E-state index is 10.2. The summed E-state index contributed by atoms with van der Waals surface area (Å²) in [4.78, 5) is 0. The average Bonchev–Trinajstić information content (AvgIpc) is 2.77. The summed E-state index contributed by atoms with van der Waals surface area (Å²) >= 11 is 0. The molecular weight excluding hydrogens is 388 g/mol. The van der Waals surface area contributed by atoms with Gasteiger partial charge in [0, 0.05) is 5.39 Å². The molecule has 5 atom stereocenters. The predicted octanol–water partition coefficient (Wildman–Crippen LogP) is 2.48. The Bertz CT molecular complexity index is 1050. The van der Waals surface area contributed by atoms with Crippen molar-refractivity contribution in [1.82, 2.24) is 0 Å². The summed E-state index contributed by atoms with van der Waals surface area (Å²) in [5.74, 6) is 0.0235. The Morgan fingerprint density at radius 1 is 0.800 bits per heavy atom. The Balaban J connectivity index is 1.57. The normalized spacial score (nSPS) is 27.0. The standard InChI is InChI=1S/C22H22N2O6/c25-11-17-19(27)20(28)21(29)22(30-17)13-5-8-14(9-6-13)23-24-18-15-4-2-1-3-12(15)7-10-16(18)26/h1-10,17,19-22,25-29H,11H2/t17-,19-,20+,21-,22+/m1/s1. The first-order valence-electron chi connectivity index (χ1n) is 9.52. The third-order valence-electron chi connectivity index (χ3n) is 5.26. The first-order chi connectivity index (χ1) is 14.5. The molecule has 1 saturated heterocycles. The van der Waals surface area contributed by atoms with Crippen LogP contribution in [0.4, 0.5) is 11.4 Å². The fourth-order valence-electron chi connectivity index (χ4n) is 3.56. The lowest BCUT2D eigenvalue weighted by Crippen LogP contribution is -2.55. The molecule has 30 heavy (non-hydrogen) atoms. The number of hydrogen-bond acceptors (Lipinski definition) is 8. The average molecular weight is 410 g/mol. The van der Waals surface area contributed by atoms with Crippen molar-refractivity contribution in [3.8, 4) is 5.75 Å². The number of phenols is 1. The van der Waals surface area contributed by atoms with Gasteiger partial charge in [-0.1, -0.05) is 42.5 Å². The van der Waals surface area contributed by atoms with Crippen molar-refractivity contribution < 1.29 is 30.3 Å². The van der Waals surface area contributed by atoms with E-state index in [2.05, 4.69) is 10.2 Å². The maximum Gasteiger partial charge on any atom is 0.143 e. The van der Waals surface area contributed by atoms with Crippen LogP contribution < -0.4 is 0 Å². The molecule has 4 rings (SSSR count). The molecule has 1 fully saturated rings. The van der Waals surface area contributed by atoms with E-state index in [4.69, 9.17) is 4.74 Å². The van der Waals surface area contributed by atoms with E-state index in [9.17, 15) is 25.5 Å². The second-order valence-electron chi connectivity index (χ2n) is 7.20. The number of rotatable bonds is 4. The van der Waals surface area contributed by atoms with Crippen molar-refractivity contribution in [1.29, 1.82) is 0 Å².